The van der Waals surface area contributed by atoms with Gasteiger partial charge in [-0.2, -0.15) is 5.10 Å². The Labute approximate surface area is 199 Å². The van der Waals surface area contributed by atoms with E-state index in [4.69, 9.17) is 4.74 Å². The number of carbonyl (C=O) groups is 1. The third-order valence-corrected chi connectivity index (χ3v) is 5.94. The summed E-state index contributed by atoms with van der Waals surface area (Å²) in [6.45, 7) is 11.9. The first-order valence-electron chi connectivity index (χ1n) is 11.0. The molecule has 3 rings (SSSR count). The summed E-state index contributed by atoms with van der Waals surface area (Å²) in [4.78, 5) is 12.2. The van der Waals surface area contributed by atoms with Crippen molar-refractivity contribution in [2.45, 2.75) is 51.7 Å². The Kier molecular flexibility index (Phi) is 8.27. The number of nitrogens with one attached hydrogen (secondary N) is 1. The molecule has 0 bridgehead atoms. The maximum atomic E-state index is 12.2. The third-order valence-electron chi connectivity index (χ3n) is 4.97. The van der Waals surface area contributed by atoms with Gasteiger partial charge in [0.15, 0.2) is 11.0 Å². The second-order valence-electron chi connectivity index (χ2n) is 8.46. The molecular formula is C25H31N5O2S. The second kappa shape index (κ2) is 11.1. The summed E-state index contributed by atoms with van der Waals surface area (Å²) < 4.78 is 7.44. The molecule has 1 amide bonds. The van der Waals surface area contributed by atoms with Gasteiger partial charge >= 0.3 is 0 Å². The van der Waals surface area contributed by atoms with E-state index in [0.29, 0.717) is 18.3 Å². The molecule has 0 spiro atoms. The van der Waals surface area contributed by atoms with Crippen molar-refractivity contribution in [1.29, 1.82) is 0 Å². The van der Waals surface area contributed by atoms with Gasteiger partial charge in [-0.25, -0.2) is 5.43 Å². The van der Waals surface area contributed by atoms with Crippen LogP contribution in [-0.2, 0) is 16.8 Å². The summed E-state index contributed by atoms with van der Waals surface area (Å²) in [5.41, 5.74) is 5.81. The molecule has 3 aromatic rings. The first kappa shape index (κ1) is 24.5. The summed E-state index contributed by atoms with van der Waals surface area (Å²) >= 11 is 1.34. The molecule has 0 saturated heterocycles. The van der Waals surface area contributed by atoms with Gasteiger partial charge in [-0.3, -0.25) is 4.79 Å². The number of hydrazone groups is 1. The van der Waals surface area contributed by atoms with Crippen LogP contribution in [0.1, 0.15) is 45.7 Å². The third kappa shape index (κ3) is 6.68. The zero-order valence-electron chi connectivity index (χ0n) is 19.8. The average molecular weight is 466 g/mol. The van der Waals surface area contributed by atoms with Gasteiger partial charge in [-0.05, 0) is 54.7 Å². The fourth-order valence-corrected chi connectivity index (χ4v) is 3.97. The number of ether oxygens (including phenoxy) is 1. The summed E-state index contributed by atoms with van der Waals surface area (Å²) in [5, 5.41) is 13.4. The molecule has 0 fully saturated rings. The molecule has 0 atom stereocenters. The molecule has 0 saturated carbocycles. The van der Waals surface area contributed by atoms with Crippen LogP contribution < -0.4 is 10.2 Å². The average Bonchev–Trinajstić information content (AvgIpc) is 3.21. The van der Waals surface area contributed by atoms with E-state index in [-0.39, 0.29) is 17.1 Å². The van der Waals surface area contributed by atoms with Crippen LogP contribution in [0.4, 0.5) is 0 Å². The topological polar surface area (TPSA) is 81.4 Å². The number of hydrogen-bond acceptors (Lipinski definition) is 6. The highest BCUT2D eigenvalue weighted by molar-refractivity contribution is 7.99. The standard InChI is InChI=1S/C25H31N5O2S/c1-6-30-23(19-10-12-20(13-11-19)25(3,4)5)28-29-24(30)33-17-22(31)27-26-16-18-8-14-21(15-9-18)32-7-2/h8-16H,6-7,17H2,1-5H3,(H,27,31). The Bertz CT molecular complexity index is 1080. The number of rotatable bonds is 9. The fraction of sp³-hybridized carbons (Fsp3) is 0.360. The van der Waals surface area contributed by atoms with E-state index in [9.17, 15) is 4.79 Å². The molecule has 8 heteroatoms. The minimum absolute atomic E-state index is 0.0980. The van der Waals surface area contributed by atoms with Crippen LogP contribution in [-0.4, -0.2) is 39.2 Å². The van der Waals surface area contributed by atoms with Crippen molar-refractivity contribution in [2.75, 3.05) is 12.4 Å². The highest BCUT2D eigenvalue weighted by atomic mass is 32.2. The van der Waals surface area contributed by atoms with E-state index >= 15 is 0 Å². The van der Waals surface area contributed by atoms with E-state index in [1.165, 1.54) is 17.3 Å². The highest BCUT2D eigenvalue weighted by Gasteiger charge is 2.17. The van der Waals surface area contributed by atoms with Gasteiger partial charge in [-0.1, -0.05) is 56.8 Å². The molecule has 1 N–H and O–H groups in total. The lowest BCUT2D eigenvalue weighted by molar-refractivity contribution is -0.118. The number of hydrogen-bond donors (Lipinski definition) is 1. The van der Waals surface area contributed by atoms with Gasteiger partial charge in [0.2, 0.25) is 0 Å². The monoisotopic (exact) mass is 465 g/mol. The van der Waals surface area contributed by atoms with E-state index in [1.807, 2.05) is 42.7 Å². The van der Waals surface area contributed by atoms with Crippen molar-refractivity contribution in [2.24, 2.45) is 5.10 Å². The molecule has 1 aromatic heterocycles. The van der Waals surface area contributed by atoms with Crippen molar-refractivity contribution in [3.8, 4) is 17.1 Å². The molecule has 0 radical (unpaired) electrons. The Balaban J connectivity index is 1.58. The van der Waals surface area contributed by atoms with Crippen LogP contribution >= 0.6 is 11.8 Å². The number of thioether (sulfide) groups is 1. The smallest absolute Gasteiger partial charge is 0.250 e. The minimum Gasteiger partial charge on any atom is -0.494 e. The van der Waals surface area contributed by atoms with Crippen molar-refractivity contribution >= 4 is 23.9 Å². The van der Waals surface area contributed by atoms with Crippen molar-refractivity contribution in [3.05, 3.63) is 59.7 Å². The lowest BCUT2D eigenvalue weighted by Gasteiger charge is -2.19. The van der Waals surface area contributed by atoms with Crippen LogP contribution in [0.2, 0.25) is 0 Å². The van der Waals surface area contributed by atoms with E-state index in [2.05, 4.69) is 65.8 Å². The summed E-state index contributed by atoms with van der Waals surface area (Å²) in [5.74, 6) is 1.60. The Hall–Kier alpha value is -3.13. The molecule has 1 heterocycles. The molecule has 0 aliphatic heterocycles. The number of benzene rings is 2. The minimum atomic E-state index is -0.205. The molecule has 33 heavy (non-hydrogen) atoms. The molecule has 0 aliphatic carbocycles. The predicted molar refractivity (Wildman–Crippen MR) is 134 cm³/mol. The van der Waals surface area contributed by atoms with Crippen LogP contribution in [0.15, 0.2) is 58.8 Å². The van der Waals surface area contributed by atoms with E-state index in [1.54, 1.807) is 6.21 Å². The summed E-state index contributed by atoms with van der Waals surface area (Å²) in [7, 11) is 0. The van der Waals surface area contributed by atoms with Crippen LogP contribution in [0.25, 0.3) is 11.4 Å². The molecule has 0 unspecified atom stereocenters. The van der Waals surface area contributed by atoms with Gasteiger partial charge in [0.25, 0.3) is 5.91 Å². The summed E-state index contributed by atoms with van der Waals surface area (Å²) in [6, 6.07) is 15.9. The van der Waals surface area contributed by atoms with Gasteiger partial charge in [0, 0.05) is 12.1 Å². The quantitative estimate of drug-likeness (QED) is 0.276. The Morgan fingerprint density at radius 1 is 1.09 bits per heavy atom. The maximum Gasteiger partial charge on any atom is 0.250 e. The fourth-order valence-electron chi connectivity index (χ4n) is 3.17. The number of nitrogens with zero attached hydrogens (tertiary/aromatic N) is 4. The van der Waals surface area contributed by atoms with Crippen LogP contribution in [0, 0.1) is 0 Å². The first-order valence-corrected chi connectivity index (χ1v) is 12.0. The maximum absolute atomic E-state index is 12.2. The molecular weight excluding hydrogens is 434 g/mol. The van der Waals surface area contributed by atoms with Gasteiger partial charge in [0.1, 0.15) is 5.75 Å². The van der Waals surface area contributed by atoms with Crippen molar-refractivity contribution < 1.29 is 9.53 Å². The normalized spacial score (nSPS) is 11.7. The van der Waals surface area contributed by atoms with E-state index in [0.717, 1.165) is 22.7 Å². The summed E-state index contributed by atoms with van der Waals surface area (Å²) in [6.07, 6.45) is 1.60. The van der Waals surface area contributed by atoms with Crippen LogP contribution in [0.3, 0.4) is 0 Å². The molecule has 2 aromatic carbocycles. The molecule has 0 aliphatic rings. The molecule has 7 nitrogen and oxygen atoms in total. The lowest BCUT2D eigenvalue weighted by atomic mass is 9.87. The molecule has 174 valence electrons. The second-order valence-corrected chi connectivity index (χ2v) is 9.40. The number of carbonyl (C=O) groups excluding carboxylic acids is 1. The van der Waals surface area contributed by atoms with Crippen molar-refractivity contribution in [1.82, 2.24) is 20.2 Å². The lowest BCUT2D eigenvalue weighted by Crippen LogP contribution is -2.20. The zero-order valence-corrected chi connectivity index (χ0v) is 20.6. The number of aromatic nitrogens is 3. The van der Waals surface area contributed by atoms with Gasteiger partial charge in [-0.15, -0.1) is 10.2 Å². The Morgan fingerprint density at radius 2 is 1.79 bits per heavy atom. The largest absolute Gasteiger partial charge is 0.494 e. The highest BCUT2D eigenvalue weighted by Crippen LogP contribution is 2.27. The van der Waals surface area contributed by atoms with Gasteiger partial charge in [0.05, 0.1) is 18.6 Å². The number of amides is 1. The Morgan fingerprint density at radius 3 is 2.39 bits per heavy atom. The first-order chi connectivity index (χ1) is 15.8. The van der Waals surface area contributed by atoms with E-state index < -0.39 is 0 Å². The zero-order chi connectivity index (χ0) is 23.8. The SMILES string of the molecule is CCOc1ccc(C=NNC(=O)CSc2nnc(-c3ccc(C(C)(C)C)cc3)n2CC)cc1. The van der Waals surface area contributed by atoms with Crippen LogP contribution in [0.5, 0.6) is 5.75 Å². The predicted octanol–water partition coefficient (Wildman–Crippen LogP) is 4.90. The van der Waals surface area contributed by atoms with Crippen molar-refractivity contribution in [3.63, 3.8) is 0 Å². The van der Waals surface area contributed by atoms with Gasteiger partial charge < -0.3 is 9.30 Å².